The predicted octanol–water partition coefficient (Wildman–Crippen LogP) is 3.71. The third kappa shape index (κ3) is 3.98. The lowest BCUT2D eigenvalue weighted by Crippen LogP contribution is -2.13. The Kier molecular flexibility index (Phi) is 4.87. The van der Waals surface area contributed by atoms with Crippen LogP contribution >= 0.6 is 0 Å². The first kappa shape index (κ1) is 15.7. The maximum Gasteiger partial charge on any atom is 0.257 e. The Labute approximate surface area is 141 Å². The summed E-state index contributed by atoms with van der Waals surface area (Å²) in [5.41, 5.74) is 9.77. The van der Waals surface area contributed by atoms with Gasteiger partial charge in [0.1, 0.15) is 0 Å². The van der Waals surface area contributed by atoms with Crippen LogP contribution in [0.4, 0.5) is 11.4 Å². The normalized spacial score (nSPS) is 10.3. The number of nitrogen functional groups attached to an aromatic ring is 1. The van der Waals surface area contributed by atoms with Gasteiger partial charge in [0, 0.05) is 23.8 Å². The van der Waals surface area contributed by atoms with Crippen LogP contribution in [0.5, 0.6) is 0 Å². The Morgan fingerprint density at radius 2 is 1.83 bits per heavy atom. The zero-order chi connectivity index (χ0) is 16.8. The topological polar surface area (TPSA) is 68.0 Å². The summed E-state index contributed by atoms with van der Waals surface area (Å²) in [6.07, 6.45) is 6.52. The molecule has 0 atom stereocenters. The average Bonchev–Trinajstić information content (AvgIpc) is 2.62. The van der Waals surface area contributed by atoms with E-state index in [2.05, 4.69) is 16.7 Å². The number of hydrogen-bond donors (Lipinski definition) is 2. The first-order valence-corrected chi connectivity index (χ1v) is 7.70. The summed E-state index contributed by atoms with van der Waals surface area (Å²) in [7, 11) is 0. The van der Waals surface area contributed by atoms with Crippen LogP contribution < -0.4 is 11.1 Å². The first-order chi connectivity index (χ1) is 11.7. The second-order valence-corrected chi connectivity index (χ2v) is 5.43. The fourth-order valence-electron chi connectivity index (χ4n) is 2.36. The Morgan fingerprint density at radius 3 is 2.54 bits per heavy atom. The zero-order valence-corrected chi connectivity index (χ0v) is 13.1. The highest BCUT2D eigenvalue weighted by molar-refractivity contribution is 6.07. The molecule has 24 heavy (non-hydrogen) atoms. The number of amides is 1. The highest BCUT2D eigenvalue weighted by atomic mass is 16.1. The fraction of sp³-hybridized carbons (Fsp3) is 0.0500. The maximum absolute atomic E-state index is 12.2. The monoisotopic (exact) mass is 316 g/mol. The van der Waals surface area contributed by atoms with Crippen LogP contribution in [0.2, 0.25) is 0 Å². The van der Waals surface area contributed by atoms with Gasteiger partial charge in [-0.25, -0.2) is 0 Å². The second kappa shape index (κ2) is 7.42. The molecule has 1 radical (unpaired) electrons. The molecule has 2 aromatic carbocycles. The van der Waals surface area contributed by atoms with Gasteiger partial charge in [0.2, 0.25) is 0 Å². The molecule has 3 rings (SSSR count). The van der Waals surface area contributed by atoms with E-state index in [-0.39, 0.29) is 5.91 Å². The van der Waals surface area contributed by atoms with Gasteiger partial charge in [-0.1, -0.05) is 30.3 Å². The average molecular weight is 316 g/mol. The number of nitrogens with two attached hydrogens (primary N) is 1. The minimum Gasteiger partial charge on any atom is -0.398 e. The second-order valence-electron chi connectivity index (χ2n) is 5.43. The van der Waals surface area contributed by atoms with E-state index in [1.165, 1.54) is 0 Å². The van der Waals surface area contributed by atoms with Crippen molar-refractivity contribution in [2.75, 3.05) is 11.1 Å². The van der Waals surface area contributed by atoms with Crippen molar-refractivity contribution in [1.82, 2.24) is 4.98 Å². The van der Waals surface area contributed by atoms with Crippen LogP contribution in [0.15, 0.2) is 73.1 Å². The van der Waals surface area contributed by atoms with Crippen LogP contribution in [-0.2, 0) is 6.42 Å². The third-order valence-corrected chi connectivity index (χ3v) is 3.68. The van der Waals surface area contributed by atoms with Crippen molar-refractivity contribution in [2.24, 2.45) is 0 Å². The van der Waals surface area contributed by atoms with E-state index in [1.54, 1.807) is 30.5 Å². The number of carbonyl (C=O) groups is 1. The van der Waals surface area contributed by atoms with Crippen molar-refractivity contribution in [3.8, 4) is 0 Å². The minimum atomic E-state index is -0.206. The van der Waals surface area contributed by atoms with E-state index < -0.39 is 0 Å². The molecule has 0 fully saturated rings. The van der Waals surface area contributed by atoms with Gasteiger partial charge in [-0.2, -0.15) is 0 Å². The van der Waals surface area contributed by atoms with Crippen LogP contribution in [0.3, 0.4) is 0 Å². The molecule has 0 aliphatic carbocycles. The highest BCUT2D eigenvalue weighted by Gasteiger charge is 2.09. The summed E-state index contributed by atoms with van der Waals surface area (Å²) < 4.78 is 0. The highest BCUT2D eigenvalue weighted by Crippen LogP contribution is 2.16. The lowest BCUT2D eigenvalue weighted by Gasteiger charge is -2.08. The molecular formula is C20H18N3O. The Hall–Kier alpha value is -3.14. The van der Waals surface area contributed by atoms with Crippen LogP contribution in [0.1, 0.15) is 21.5 Å². The molecule has 3 N–H and O–H groups in total. The molecule has 0 aliphatic heterocycles. The van der Waals surface area contributed by atoms with Gasteiger partial charge in [-0.05, 0) is 54.3 Å². The van der Waals surface area contributed by atoms with Crippen LogP contribution in [0.25, 0.3) is 0 Å². The van der Waals surface area contributed by atoms with Crippen LogP contribution in [0, 0.1) is 6.42 Å². The molecule has 0 unspecified atom stereocenters. The van der Waals surface area contributed by atoms with Gasteiger partial charge in [-0.15, -0.1) is 0 Å². The molecule has 1 amide bonds. The molecule has 1 heterocycles. The van der Waals surface area contributed by atoms with Gasteiger partial charge in [0.05, 0.1) is 5.56 Å². The van der Waals surface area contributed by atoms with E-state index in [0.29, 0.717) is 11.3 Å². The fourth-order valence-corrected chi connectivity index (χ4v) is 2.36. The summed E-state index contributed by atoms with van der Waals surface area (Å²) >= 11 is 0. The van der Waals surface area contributed by atoms with E-state index in [0.717, 1.165) is 23.2 Å². The molecule has 119 valence electrons. The lowest BCUT2D eigenvalue weighted by atomic mass is 10.1. The Balaban J connectivity index is 1.60. The summed E-state index contributed by atoms with van der Waals surface area (Å²) in [6.45, 7) is 0. The maximum atomic E-state index is 12.2. The molecular weight excluding hydrogens is 298 g/mol. The van der Waals surface area contributed by atoms with Crippen molar-refractivity contribution < 1.29 is 4.79 Å². The number of pyridine rings is 1. The van der Waals surface area contributed by atoms with Gasteiger partial charge < -0.3 is 11.1 Å². The van der Waals surface area contributed by atoms with Gasteiger partial charge >= 0.3 is 0 Å². The van der Waals surface area contributed by atoms with E-state index in [4.69, 9.17) is 5.73 Å². The smallest absolute Gasteiger partial charge is 0.257 e. The number of anilines is 2. The van der Waals surface area contributed by atoms with Crippen LogP contribution in [-0.4, -0.2) is 10.9 Å². The Morgan fingerprint density at radius 1 is 1.04 bits per heavy atom. The van der Waals surface area contributed by atoms with Gasteiger partial charge in [0.25, 0.3) is 5.91 Å². The number of nitrogens with one attached hydrogen (secondary N) is 1. The van der Waals surface area contributed by atoms with Crippen molar-refractivity contribution in [3.05, 3.63) is 96.2 Å². The first-order valence-electron chi connectivity index (χ1n) is 7.70. The number of aromatic nitrogens is 1. The standard InChI is InChI=1S/C20H18N3O/c21-19-6-2-1-5-18(19)20(24)23-17-11-9-15(10-12-17)7-8-16-4-3-13-22-14-16/h1-6,8-14H,7,21H2,(H,23,24). The van der Waals surface area contributed by atoms with Crippen molar-refractivity contribution in [2.45, 2.75) is 6.42 Å². The SMILES string of the molecule is Nc1ccccc1C(=O)Nc1ccc(C[CH]c2cccnc2)cc1. The molecule has 1 aromatic heterocycles. The van der Waals surface area contributed by atoms with Gasteiger partial charge in [0.15, 0.2) is 0 Å². The number of hydrogen-bond acceptors (Lipinski definition) is 3. The van der Waals surface area contributed by atoms with E-state index >= 15 is 0 Å². The number of carbonyl (C=O) groups excluding carboxylic acids is 1. The van der Waals surface area contributed by atoms with E-state index in [1.807, 2.05) is 42.6 Å². The molecule has 4 nitrogen and oxygen atoms in total. The number of nitrogens with zero attached hydrogens (tertiary/aromatic N) is 1. The molecule has 3 aromatic rings. The molecule has 0 aliphatic rings. The predicted molar refractivity (Wildman–Crippen MR) is 96.6 cm³/mol. The molecule has 0 saturated carbocycles. The molecule has 4 heteroatoms. The Bertz CT molecular complexity index is 814. The molecule has 0 bridgehead atoms. The van der Waals surface area contributed by atoms with Crippen molar-refractivity contribution >= 4 is 17.3 Å². The molecule has 0 saturated heterocycles. The quantitative estimate of drug-likeness (QED) is 0.705. The van der Waals surface area contributed by atoms with Gasteiger partial charge in [-0.3, -0.25) is 9.78 Å². The largest absolute Gasteiger partial charge is 0.398 e. The summed E-state index contributed by atoms with van der Waals surface area (Å²) in [5.74, 6) is -0.206. The summed E-state index contributed by atoms with van der Waals surface area (Å²) in [6, 6.07) is 18.7. The van der Waals surface area contributed by atoms with Crippen molar-refractivity contribution in [1.29, 1.82) is 0 Å². The molecule has 0 spiro atoms. The van der Waals surface area contributed by atoms with Crippen molar-refractivity contribution in [3.63, 3.8) is 0 Å². The minimum absolute atomic E-state index is 0.206. The summed E-state index contributed by atoms with van der Waals surface area (Å²) in [4.78, 5) is 16.3. The lowest BCUT2D eigenvalue weighted by molar-refractivity contribution is 0.102. The van der Waals surface area contributed by atoms with E-state index in [9.17, 15) is 4.79 Å². The number of rotatable bonds is 5. The summed E-state index contributed by atoms with van der Waals surface area (Å²) in [5, 5.41) is 2.86. The number of benzene rings is 2. The zero-order valence-electron chi connectivity index (χ0n) is 13.1. The number of para-hydroxylation sites is 1. The third-order valence-electron chi connectivity index (χ3n) is 3.68.